The molecule has 1 fully saturated rings. The number of ether oxygens (including phenoxy) is 3. The highest BCUT2D eigenvalue weighted by Crippen LogP contribution is 2.24. The van der Waals surface area contributed by atoms with Gasteiger partial charge in [0.15, 0.2) is 5.96 Å². The van der Waals surface area contributed by atoms with Gasteiger partial charge < -0.3 is 24.8 Å². The van der Waals surface area contributed by atoms with Gasteiger partial charge in [-0.05, 0) is 24.1 Å². The number of guanidine groups is 1. The molecule has 0 saturated carbocycles. The molecule has 1 unspecified atom stereocenters. The number of methoxy groups -OCH3 is 2. The van der Waals surface area contributed by atoms with Crippen molar-refractivity contribution in [2.45, 2.75) is 19.0 Å². The van der Waals surface area contributed by atoms with Crippen LogP contribution in [0.15, 0.2) is 23.2 Å². The third-order valence-electron chi connectivity index (χ3n) is 4.79. The number of rotatable bonds is 11. The second-order valence-electron chi connectivity index (χ2n) is 7.33. The van der Waals surface area contributed by atoms with E-state index < -0.39 is 9.84 Å². The Morgan fingerprint density at radius 2 is 1.87 bits per heavy atom. The van der Waals surface area contributed by atoms with Gasteiger partial charge in [-0.3, -0.25) is 9.89 Å². The fourth-order valence-electron chi connectivity index (χ4n) is 3.25. The number of hydrogen-bond donors (Lipinski definition) is 2. The van der Waals surface area contributed by atoms with E-state index in [1.165, 1.54) is 6.26 Å². The lowest BCUT2D eigenvalue weighted by Crippen LogP contribution is -2.45. The Bertz CT molecular complexity index is 785. The summed E-state index contributed by atoms with van der Waals surface area (Å²) in [4.78, 5) is 6.64. The summed E-state index contributed by atoms with van der Waals surface area (Å²) in [5, 5.41) is 6.64. The minimum atomic E-state index is -2.98. The van der Waals surface area contributed by atoms with E-state index in [0.717, 1.165) is 49.1 Å². The third kappa shape index (κ3) is 10.7. The summed E-state index contributed by atoms with van der Waals surface area (Å²) in [7, 11) is 2.06. The first-order valence-electron chi connectivity index (χ1n) is 10.00. The molecular weight excluding hydrogens is 535 g/mol. The standard InChI is InChI=1S/C20H34N4O5S.HI/c1-21-20(22-6-8-29-9-10-30(4,25)26)23-17-5-7-24(15-17)14-16-11-18(27-2)13-19(12-16)28-3;/h11-13,17H,5-10,14-15H2,1-4H3,(H2,21,22,23);1H. The molecule has 2 N–H and O–H groups in total. The van der Waals surface area contributed by atoms with E-state index in [2.05, 4.69) is 20.5 Å². The molecular formula is C20H35IN4O5S. The second-order valence-corrected chi connectivity index (χ2v) is 9.59. The lowest BCUT2D eigenvalue weighted by Gasteiger charge is -2.19. The Balaban J connectivity index is 0.00000480. The Hall–Kier alpha value is -1.31. The van der Waals surface area contributed by atoms with Crippen molar-refractivity contribution >= 4 is 39.8 Å². The molecule has 1 atom stereocenters. The number of sulfone groups is 1. The van der Waals surface area contributed by atoms with Gasteiger partial charge in [-0.2, -0.15) is 0 Å². The normalized spacial score (nSPS) is 17.2. The molecule has 0 aromatic heterocycles. The minimum absolute atomic E-state index is 0. The Labute approximate surface area is 202 Å². The molecule has 1 saturated heterocycles. The molecule has 0 aliphatic carbocycles. The molecule has 178 valence electrons. The van der Waals surface area contributed by atoms with E-state index in [-0.39, 0.29) is 36.3 Å². The zero-order chi connectivity index (χ0) is 22.0. The van der Waals surface area contributed by atoms with Crippen LogP contribution in [0, 0.1) is 0 Å². The number of halogens is 1. The maximum absolute atomic E-state index is 11.1. The van der Waals surface area contributed by atoms with Crippen molar-refractivity contribution in [3.63, 3.8) is 0 Å². The fourth-order valence-corrected chi connectivity index (χ4v) is 3.67. The molecule has 1 aromatic carbocycles. The van der Waals surface area contributed by atoms with Crippen LogP contribution in [0.4, 0.5) is 0 Å². The lowest BCUT2D eigenvalue weighted by atomic mass is 10.2. The highest BCUT2D eigenvalue weighted by molar-refractivity contribution is 14.0. The molecule has 2 rings (SSSR count). The summed E-state index contributed by atoms with van der Waals surface area (Å²) >= 11 is 0. The van der Waals surface area contributed by atoms with Gasteiger partial charge in [-0.25, -0.2) is 8.42 Å². The average Bonchev–Trinajstić information content (AvgIpc) is 3.15. The smallest absolute Gasteiger partial charge is 0.191 e. The van der Waals surface area contributed by atoms with Gasteiger partial charge in [-0.1, -0.05) is 0 Å². The Morgan fingerprint density at radius 1 is 1.19 bits per heavy atom. The van der Waals surface area contributed by atoms with Gasteiger partial charge in [0.05, 0.1) is 33.2 Å². The number of nitrogens with zero attached hydrogens (tertiary/aromatic N) is 2. The van der Waals surface area contributed by atoms with E-state index in [0.29, 0.717) is 19.2 Å². The van der Waals surface area contributed by atoms with Crippen molar-refractivity contribution in [3.8, 4) is 11.5 Å². The lowest BCUT2D eigenvalue weighted by molar-refractivity contribution is 0.154. The van der Waals surface area contributed by atoms with Crippen molar-refractivity contribution in [2.24, 2.45) is 4.99 Å². The van der Waals surface area contributed by atoms with Gasteiger partial charge in [0.1, 0.15) is 21.3 Å². The zero-order valence-electron chi connectivity index (χ0n) is 18.7. The second kappa shape index (κ2) is 14.0. The average molecular weight is 570 g/mol. The fraction of sp³-hybridized carbons (Fsp3) is 0.650. The third-order valence-corrected chi connectivity index (χ3v) is 5.70. The van der Waals surface area contributed by atoms with E-state index in [9.17, 15) is 8.42 Å². The largest absolute Gasteiger partial charge is 0.497 e. The quantitative estimate of drug-likeness (QED) is 0.177. The molecule has 1 aromatic rings. The summed E-state index contributed by atoms with van der Waals surface area (Å²) in [6.07, 6.45) is 2.22. The van der Waals surface area contributed by atoms with Crippen LogP contribution in [0.25, 0.3) is 0 Å². The highest BCUT2D eigenvalue weighted by Gasteiger charge is 2.23. The first-order chi connectivity index (χ1) is 14.3. The van der Waals surface area contributed by atoms with Crippen LogP contribution in [0.1, 0.15) is 12.0 Å². The topological polar surface area (TPSA) is 101 Å². The molecule has 0 radical (unpaired) electrons. The minimum Gasteiger partial charge on any atom is -0.497 e. The van der Waals surface area contributed by atoms with E-state index in [1.807, 2.05) is 18.2 Å². The van der Waals surface area contributed by atoms with Gasteiger partial charge in [-0.15, -0.1) is 24.0 Å². The number of aliphatic imine (C=N–C) groups is 1. The first-order valence-corrected chi connectivity index (χ1v) is 12.1. The van der Waals surface area contributed by atoms with Crippen LogP contribution in [0.2, 0.25) is 0 Å². The predicted octanol–water partition coefficient (Wildman–Crippen LogP) is 1.12. The summed E-state index contributed by atoms with van der Waals surface area (Å²) < 4.78 is 38.2. The summed E-state index contributed by atoms with van der Waals surface area (Å²) in [5.74, 6) is 2.34. The number of nitrogens with one attached hydrogen (secondary N) is 2. The number of likely N-dealkylation sites (tertiary alicyclic amines) is 1. The monoisotopic (exact) mass is 570 g/mol. The van der Waals surface area contributed by atoms with Gasteiger partial charge in [0, 0.05) is 51.6 Å². The molecule has 9 nitrogen and oxygen atoms in total. The van der Waals surface area contributed by atoms with Gasteiger partial charge >= 0.3 is 0 Å². The molecule has 1 heterocycles. The Morgan fingerprint density at radius 3 is 2.45 bits per heavy atom. The number of benzene rings is 1. The SMILES string of the molecule is CN=C(NCCOCCS(C)(=O)=O)NC1CCN(Cc2cc(OC)cc(OC)c2)C1.I. The molecule has 0 spiro atoms. The summed E-state index contributed by atoms with van der Waals surface area (Å²) in [6.45, 7) is 3.91. The molecule has 1 aliphatic heterocycles. The zero-order valence-corrected chi connectivity index (χ0v) is 21.9. The van der Waals surface area contributed by atoms with Crippen LogP contribution in [-0.4, -0.2) is 91.4 Å². The predicted molar refractivity (Wildman–Crippen MR) is 134 cm³/mol. The molecule has 1 aliphatic rings. The van der Waals surface area contributed by atoms with Crippen molar-refractivity contribution in [1.29, 1.82) is 0 Å². The highest BCUT2D eigenvalue weighted by atomic mass is 127. The maximum Gasteiger partial charge on any atom is 0.191 e. The maximum atomic E-state index is 11.1. The Kier molecular flexibility index (Phi) is 12.5. The molecule has 0 amide bonds. The van der Waals surface area contributed by atoms with Crippen LogP contribution in [0.3, 0.4) is 0 Å². The summed E-state index contributed by atoms with van der Waals surface area (Å²) in [5.41, 5.74) is 1.15. The first kappa shape index (κ1) is 27.7. The molecule has 31 heavy (non-hydrogen) atoms. The summed E-state index contributed by atoms with van der Waals surface area (Å²) in [6, 6.07) is 6.24. The van der Waals surface area contributed by atoms with E-state index >= 15 is 0 Å². The van der Waals surface area contributed by atoms with Crippen LogP contribution < -0.4 is 20.1 Å². The number of hydrogen-bond acceptors (Lipinski definition) is 7. The van der Waals surface area contributed by atoms with Crippen LogP contribution in [-0.2, 0) is 21.1 Å². The molecule has 0 bridgehead atoms. The van der Waals surface area contributed by atoms with Crippen LogP contribution >= 0.6 is 24.0 Å². The van der Waals surface area contributed by atoms with Crippen molar-refractivity contribution in [3.05, 3.63) is 23.8 Å². The van der Waals surface area contributed by atoms with Crippen molar-refractivity contribution in [2.75, 3.05) is 66.1 Å². The molecule has 11 heteroatoms. The van der Waals surface area contributed by atoms with Crippen molar-refractivity contribution in [1.82, 2.24) is 15.5 Å². The van der Waals surface area contributed by atoms with Crippen LogP contribution in [0.5, 0.6) is 11.5 Å². The van der Waals surface area contributed by atoms with Gasteiger partial charge in [0.2, 0.25) is 0 Å². The van der Waals surface area contributed by atoms with Crippen molar-refractivity contribution < 1.29 is 22.6 Å². The van der Waals surface area contributed by atoms with Gasteiger partial charge in [0.25, 0.3) is 0 Å². The van der Waals surface area contributed by atoms with E-state index in [1.54, 1.807) is 21.3 Å². The van der Waals surface area contributed by atoms with E-state index in [4.69, 9.17) is 14.2 Å².